The van der Waals surface area contributed by atoms with Gasteiger partial charge in [-0.25, -0.2) is 4.68 Å². The van der Waals surface area contributed by atoms with Gasteiger partial charge in [0, 0.05) is 35.9 Å². The molecule has 0 bridgehead atoms. The number of nitrogens with zero attached hydrogens (tertiary/aromatic N) is 3. The zero-order chi connectivity index (χ0) is 18.1. The van der Waals surface area contributed by atoms with Crippen LogP contribution in [0.4, 0.5) is 5.69 Å². The van der Waals surface area contributed by atoms with Crippen LogP contribution in [0, 0.1) is 0 Å². The normalized spacial score (nSPS) is 10.8. The fraction of sp³-hybridized carbons (Fsp3) is 0.0500. The standard InChI is InChI=1S/C20H16N4O2/c1-23-11-10-14(12-19(23)25)20(26)22-16-6-8-17(9-7-16)24-18-5-3-2-4-15(18)13-21-24/h2-13H,1H3,(H,22,26). The molecule has 6 heteroatoms. The van der Waals surface area contributed by atoms with Crippen molar-refractivity contribution in [2.45, 2.75) is 0 Å². The number of fused-ring (bicyclic) bond motifs is 1. The summed E-state index contributed by atoms with van der Waals surface area (Å²) in [6, 6.07) is 18.3. The lowest BCUT2D eigenvalue weighted by Crippen LogP contribution is -2.19. The minimum absolute atomic E-state index is 0.224. The lowest BCUT2D eigenvalue weighted by molar-refractivity contribution is 0.102. The lowest BCUT2D eigenvalue weighted by atomic mass is 10.2. The second kappa shape index (κ2) is 6.33. The molecule has 4 rings (SSSR count). The smallest absolute Gasteiger partial charge is 0.255 e. The van der Waals surface area contributed by atoms with Gasteiger partial charge in [0.25, 0.3) is 11.5 Å². The van der Waals surface area contributed by atoms with Crippen molar-refractivity contribution in [3.05, 3.63) is 89.0 Å². The predicted molar refractivity (Wildman–Crippen MR) is 101 cm³/mol. The van der Waals surface area contributed by atoms with E-state index in [0.29, 0.717) is 11.3 Å². The Balaban J connectivity index is 1.57. The van der Waals surface area contributed by atoms with Gasteiger partial charge >= 0.3 is 0 Å². The van der Waals surface area contributed by atoms with Crippen molar-refractivity contribution >= 4 is 22.5 Å². The molecular formula is C20H16N4O2. The number of carbonyl (C=O) groups excluding carboxylic acids is 1. The molecule has 1 amide bonds. The Hall–Kier alpha value is -3.67. The Morgan fingerprint density at radius 3 is 2.58 bits per heavy atom. The molecule has 0 atom stereocenters. The van der Waals surface area contributed by atoms with Gasteiger partial charge in [-0.3, -0.25) is 9.59 Å². The van der Waals surface area contributed by atoms with Gasteiger partial charge in [-0.1, -0.05) is 18.2 Å². The van der Waals surface area contributed by atoms with Crippen LogP contribution in [0.2, 0.25) is 0 Å². The monoisotopic (exact) mass is 344 g/mol. The third-order valence-corrected chi connectivity index (χ3v) is 4.21. The highest BCUT2D eigenvalue weighted by Crippen LogP contribution is 2.19. The van der Waals surface area contributed by atoms with Gasteiger partial charge in [0.1, 0.15) is 0 Å². The summed E-state index contributed by atoms with van der Waals surface area (Å²) in [7, 11) is 1.64. The molecule has 0 aliphatic carbocycles. The summed E-state index contributed by atoms with van der Waals surface area (Å²) in [4.78, 5) is 23.9. The molecule has 0 unspecified atom stereocenters. The maximum absolute atomic E-state index is 12.3. The number of hydrogen-bond donors (Lipinski definition) is 1. The molecule has 2 aromatic carbocycles. The van der Waals surface area contributed by atoms with Crippen LogP contribution < -0.4 is 10.9 Å². The Morgan fingerprint density at radius 2 is 1.81 bits per heavy atom. The number of pyridine rings is 1. The molecule has 1 N–H and O–H groups in total. The molecule has 2 heterocycles. The summed E-state index contributed by atoms with van der Waals surface area (Å²) in [5.41, 5.74) is 2.67. The molecule has 0 aliphatic rings. The number of benzene rings is 2. The van der Waals surface area contributed by atoms with Crippen LogP contribution in [0.15, 0.2) is 77.9 Å². The first-order valence-corrected chi connectivity index (χ1v) is 8.13. The molecular weight excluding hydrogens is 328 g/mol. The average molecular weight is 344 g/mol. The van der Waals surface area contributed by atoms with E-state index in [9.17, 15) is 9.59 Å². The van der Waals surface area contributed by atoms with E-state index in [1.165, 1.54) is 10.6 Å². The molecule has 0 aliphatic heterocycles. The number of para-hydroxylation sites is 1. The van der Waals surface area contributed by atoms with E-state index in [1.807, 2.05) is 59.4 Å². The zero-order valence-corrected chi connectivity index (χ0v) is 14.1. The highest BCUT2D eigenvalue weighted by atomic mass is 16.2. The summed E-state index contributed by atoms with van der Waals surface area (Å²) in [6.07, 6.45) is 3.39. The molecule has 2 aromatic heterocycles. The quantitative estimate of drug-likeness (QED) is 0.621. The van der Waals surface area contributed by atoms with E-state index < -0.39 is 0 Å². The SMILES string of the molecule is Cn1ccc(C(=O)Nc2ccc(-n3ncc4ccccc43)cc2)cc1=O. The van der Waals surface area contributed by atoms with Gasteiger partial charge in [0.2, 0.25) is 0 Å². The average Bonchev–Trinajstić information content (AvgIpc) is 3.09. The number of nitrogens with one attached hydrogen (secondary N) is 1. The largest absolute Gasteiger partial charge is 0.322 e. The second-order valence-corrected chi connectivity index (χ2v) is 5.98. The topological polar surface area (TPSA) is 68.9 Å². The van der Waals surface area contributed by atoms with E-state index in [1.54, 1.807) is 19.3 Å². The minimum Gasteiger partial charge on any atom is -0.322 e. The molecule has 26 heavy (non-hydrogen) atoms. The summed E-state index contributed by atoms with van der Waals surface area (Å²) >= 11 is 0. The number of hydrogen-bond acceptors (Lipinski definition) is 3. The van der Waals surface area contributed by atoms with Crippen molar-refractivity contribution in [2.24, 2.45) is 7.05 Å². The van der Waals surface area contributed by atoms with Crippen molar-refractivity contribution in [1.82, 2.24) is 14.3 Å². The van der Waals surface area contributed by atoms with Gasteiger partial charge in [0.05, 0.1) is 17.4 Å². The Bertz CT molecular complexity index is 1160. The van der Waals surface area contributed by atoms with Crippen LogP contribution in [-0.2, 0) is 7.05 Å². The predicted octanol–water partition coefficient (Wildman–Crippen LogP) is 2.98. The van der Waals surface area contributed by atoms with Crippen molar-refractivity contribution in [3.8, 4) is 5.69 Å². The Morgan fingerprint density at radius 1 is 1.04 bits per heavy atom. The van der Waals surface area contributed by atoms with Crippen molar-refractivity contribution in [2.75, 3.05) is 5.32 Å². The number of amides is 1. The van der Waals surface area contributed by atoms with Gasteiger partial charge in [-0.2, -0.15) is 5.10 Å². The van der Waals surface area contributed by atoms with E-state index in [-0.39, 0.29) is 11.5 Å². The molecule has 0 saturated carbocycles. The molecule has 0 spiro atoms. The van der Waals surface area contributed by atoms with Gasteiger partial charge in [-0.05, 0) is 36.4 Å². The highest BCUT2D eigenvalue weighted by molar-refractivity contribution is 6.04. The number of anilines is 1. The maximum Gasteiger partial charge on any atom is 0.255 e. The first-order valence-electron chi connectivity index (χ1n) is 8.13. The summed E-state index contributed by atoms with van der Waals surface area (Å²) in [5, 5.41) is 8.28. The number of rotatable bonds is 3. The first kappa shape index (κ1) is 15.8. The first-order chi connectivity index (χ1) is 12.6. The number of carbonyl (C=O) groups is 1. The fourth-order valence-electron chi connectivity index (χ4n) is 2.76. The van der Waals surface area contributed by atoms with Gasteiger partial charge < -0.3 is 9.88 Å². The van der Waals surface area contributed by atoms with Crippen molar-refractivity contribution in [1.29, 1.82) is 0 Å². The molecule has 0 radical (unpaired) electrons. The van der Waals surface area contributed by atoms with Crippen LogP contribution in [0.25, 0.3) is 16.6 Å². The van der Waals surface area contributed by atoms with Crippen molar-refractivity contribution in [3.63, 3.8) is 0 Å². The third-order valence-electron chi connectivity index (χ3n) is 4.21. The maximum atomic E-state index is 12.3. The van der Waals surface area contributed by atoms with Crippen LogP contribution in [0.5, 0.6) is 0 Å². The van der Waals surface area contributed by atoms with Crippen LogP contribution in [-0.4, -0.2) is 20.3 Å². The minimum atomic E-state index is -0.319. The molecule has 4 aromatic rings. The van der Waals surface area contributed by atoms with Gasteiger partial charge in [0.15, 0.2) is 0 Å². The van der Waals surface area contributed by atoms with Crippen LogP contribution in [0.3, 0.4) is 0 Å². The van der Waals surface area contributed by atoms with E-state index in [2.05, 4.69) is 10.4 Å². The van der Waals surface area contributed by atoms with E-state index in [0.717, 1.165) is 16.6 Å². The lowest BCUT2D eigenvalue weighted by Gasteiger charge is -2.08. The molecule has 128 valence electrons. The van der Waals surface area contributed by atoms with E-state index in [4.69, 9.17) is 0 Å². The number of aromatic nitrogens is 3. The highest BCUT2D eigenvalue weighted by Gasteiger charge is 2.08. The van der Waals surface area contributed by atoms with Crippen LogP contribution >= 0.6 is 0 Å². The number of aryl methyl sites for hydroxylation is 1. The Kier molecular flexibility index (Phi) is 3.85. The van der Waals surface area contributed by atoms with Crippen LogP contribution in [0.1, 0.15) is 10.4 Å². The van der Waals surface area contributed by atoms with Gasteiger partial charge in [-0.15, -0.1) is 0 Å². The fourth-order valence-corrected chi connectivity index (χ4v) is 2.76. The van der Waals surface area contributed by atoms with E-state index >= 15 is 0 Å². The molecule has 6 nitrogen and oxygen atoms in total. The van der Waals surface area contributed by atoms with Crippen molar-refractivity contribution < 1.29 is 4.79 Å². The molecule has 0 fully saturated rings. The Labute approximate surface area is 149 Å². The summed E-state index contributed by atoms with van der Waals surface area (Å²) in [5.74, 6) is -0.319. The molecule has 0 saturated heterocycles. The third kappa shape index (κ3) is 2.88. The summed E-state index contributed by atoms with van der Waals surface area (Å²) < 4.78 is 3.27. The summed E-state index contributed by atoms with van der Waals surface area (Å²) in [6.45, 7) is 0. The zero-order valence-electron chi connectivity index (χ0n) is 14.1. The second-order valence-electron chi connectivity index (χ2n) is 5.98.